The molecule has 0 unspecified atom stereocenters. The van der Waals surface area contributed by atoms with Crippen molar-refractivity contribution < 1.29 is 8.83 Å². The van der Waals surface area contributed by atoms with Crippen LogP contribution in [0.15, 0.2) is 68.8 Å². The smallest absolute Gasteiger partial charge is 0.277 e. The van der Waals surface area contributed by atoms with Crippen LogP contribution in [0.25, 0.3) is 22.8 Å². The molecule has 2 heterocycles. The quantitative estimate of drug-likeness (QED) is 0.381. The highest BCUT2D eigenvalue weighted by atomic mass is 35.5. The van der Waals surface area contributed by atoms with Crippen LogP contribution in [0.5, 0.6) is 0 Å². The Morgan fingerprint density at radius 1 is 0.885 bits per heavy atom. The van der Waals surface area contributed by atoms with E-state index in [1.165, 1.54) is 11.8 Å². The van der Waals surface area contributed by atoms with E-state index in [0.717, 1.165) is 11.1 Å². The first kappa shape index (κ1) is 17.1. The van der Waals surface area contributed by atoms with Crippen molar-refractivity contribution in [3.63, 3.8) is 0 Å². The Morgan fingerprint density at radius 3 is 2.54 bits per heavy atom. The summed E-state index contributed by atoms with van der Waals surface area (Å²) in [5.74, 6) is 2.14. The van der Waals surface area contributed by atoms with Crippen molar-refractivity contribution in [1.29, 1.82) is 0 Å². The summed E-state index contributed by atoms with van der Waals surface area (Å²) in [6, 6.07) is 14.6. The maximum Gasteiger partial charge on any atom is 0.277 e. The summed E-state index contributed by atoms with van der Waals surface area (Å²) in [6.07, 6.45) is 1.68. The number of aromatic nitrogens is 3. The first-order chi connectivity index (χ1) is 12.7. The molecule has 26 heavy (non-hydrogen) atoms. The summed E-state index contributed by atoms with van der Waals surface area (Å²) in [7, 11) is 0. The molecule has 0 aliphatic carbocycles. The van der Waals surface area contributed by atoms with Gasteiger partial charge in [0.1, 0.15) is 0 Å². The van der Waals surface area contributed by atoms with E-state index in [1.807, 2.05) is 36.4 Å². The predicted octanol–water partition coefficient (Wildman–Crippen LogP) is 5.99. The standard InChI is InChI=1S/C18H11Cl2N3O2S/c19-13-6-4-11(5-7-13)17-22-23-18(25-17)26-10-16-21-9-15(24-16)12-2-1-3-14(20)8-12/h1-9H,10H2. The Kier molecular flexibility index (Phi) is 4.97. The third-order valence-corrected chi connectivity index (χ3v) is 4.77. The second kappa shape index (κ2) is 7.53. The van der Waals surface area contributed by atoms with Crippen LogP contribution in [-0.4, -0.2) is 15.2 Å². The van der Waals surface area contributed by atoms with Crippen LogP contribution < -0.4 is 0 Å². The van der Waals surface area contributed by atoms with Crippen LogP contribution in [0.2, 0.25) is 10.0 Å². The lowest BCUT2D eigenvalue weighted by atomic mass is 10.2. The minimum Gasteiger partial charge on any atom is -0.440 e. The predicted molar refractivity (Wildman–Crippen MR) is 101 cm³/mol. The molecule has 0 radical (unpaired) electrons. The number of nitrogens with zero attached hydrogens (tertiary/aromatic N) is 3. The second-order valence-corrected chi connectivity index (χ2v) is 7.10. The van der Waals surface area contributed by atoms with E-state index in [4.69, 9.17) is 32.0 Å². The fourth-order valence-electron chi connectivity index (χ4n) is 2.25. The Balaban J connectivity index is 1.43. The molecule has 0 N–H and O–H groups in total. The van der Waals surface area contributed by atoms with Gasteiger partial charge in [-0.15, -0.1) is 10.2 Å². The van der Waals surface area contributed by atoms with Gasteiger partial charge in [-0.05, 0) is 36.4 Å². The summed E-state index contributed by atoms with van der Waals surface area (Å²) in [6.45, 7) is 0. The third-order valence-electron chi connectivity index (χ3n) is 3.48. The molecule has 0 saturated carbocycles. The first-order valence-corrected chi connectivity index (χ1v) is 9.34. The minimum absolute atomic E-state index is 0.441. The number of halogens is 2. The molecular weight excluding hydrogens is 393 g/mol. The number of benzene rings is 2. The number of oxazole rings is 1. The van der Waals surface area contributed by atoms with Crippen molar-refractivity contribution in [1.82, 2.24) is 15.2 Å². The van der Waals surface area contributed by atoms with Gasteiger partial charge < -0.3 is 8.83 Å². The van der Waals surface area contributed by atoms with E-state index in [0.29, 0.717) is 38.6 Å². The monoisotopic (exact) mass is 403 g/mol. The average Bonchev–Trinajstić information content (AvgIpc) is 3.30. The van der Waals surface area contributed by atoms with Gasteiger partial charge in [-0.3, -0.25) is 0 Å². The van der Waals surface area contributed by atoms with Crippen LogP contribution in [0, 0.1) is 0 Å². The number of hydrogen-bond donors (Lipinski definition) is 0. The maximum absolute atomic E-state index is 6.00. The Bertz CT molecular complexity index is 1030. The largest absolute Gasteiger partial charge is 0.440 e. The molecule has 2 aromatic carbocycles. The molecule has 8 heteroatoms. The maximum atomic E-state index is 6.00. The molecule has 5 nitrogen and oxygen atoms in total. The first-order valence-electron chi connectivity index (χ1n) is 7.60. The van der Waals surface area contributed by atoms with Gasteiger partial charge in [0.2, 0.25) is 11.8 Å². The molecule has 2 aromatic heterocycles. The van der Waals surface area contributed by atoms with Crippen molar-refractivity contribution >= 4 is 35.0 Å². The minimum atomic E-state index is 0.441. The van der Waals surface area contributed by atoms with Crippen molar-refractivity contribution in [2.24, 2.45) is 0 Å². The van der Waals surface area contributed by atoms with E-state index in [9.17, 15) is 0 Å². The van der Waals surface area contributed by atoms with E-state index in [-0.39, 0.29) is 0 Å². The zero-order chi connectivity index (χ0) is 17.9. The topological polar surface area (TPSA) is 65.0 Å². The number of rotatable bonds is 5. The van der Waals surface area contributed by atoms with Gasteiger partial charge in [-0.1, -0.05) is 47.1 Å². The van der Waals surface area contributed by atoms with Gasteiger partial charge in [-0.25, -0.2) is 4.98 Å². The van der Waals surface area contributed by atoms with Crippen LogP contribution >= 0.6 is 35.0 Å². The van der Waals surface area contributed by atoms with Gasteiger partial charge in [-0.2, -0.15) is 0 Å². The average molecular weight is 404 g/mol. The lowest BCUT2D eigenvalue weighted by Crippen LogP contribution is -1.79. The van der Waals surface area contributed by atoms with Crippen molar-refractivity contribution in [2.75, 3.05) is 0 Å². The van der Waals surface area contributed by atoms with Gasteiger partial charge >= 0.3 is 0 Å². The Hall–Kier alpha value is -2.28. The SMILES string of the molecule is Clc1ccc(-c2nnc(SCc3ncc(-c4cccc(Cl)c4)o3)o2)cc1. The second-order valence-electron chi connectivity index (χ2n) is 5.30. The van der Waals surface area contributed by atoms with Crippen LogP contribution in [0.4, 0.5) is 0 Å². The van der Waals surface area contributed by atoms with Gasteiger partial charge in [0, 0.05) is 21.2 Å². The molecule has 0 amide bonds. The normalized spacial score (nSPS) is 11.0. The molecule has 130 valence electrons. The molecule has 0 atom stereocenters. The van der Waals surface area contributed by atoms with E-state index in [2.05, 4.69) is 15.2 Å². The lowest BCUT2D eigenvalue weighted by Gasteiger charge is -1.96. The summed E-state index contributed by atoms with van der Waals surface area (Å²) in [5, 5.41) is 9.82. The summed E-state index contributed by atoms with van der Waals surface area (Å²) in [5.41, 5.74) is 1.69. The molecule has 0 saturated heterocycles. The molecule has 4 rings (SSSR count). The fraction of sp³-hybridized carbons (Fsp3) is 0.0556. The van der Waals surface area contributed by atoms with Gasteiger partial charge in [0.05, 0.1) is 11.9 Å². The summed E-state index contributed by atoms with van der Waals surface area (Å²) >= 11 is 13.2. The summed E-state index contributed by atoms with van der Waals surface area (Å²) < 4.78 is 11.4. The van der Waals surface area contributed by atoms with E-state index >= 15 is 0 Å². The molecule has 0 fully saturated rings. The van der Waals surface area contributed by atoms with Crippen LogP contribution in [0.1, 0.15) is 5.89 Å². The molecule has 4 aromatic rings. The molecular formula is C18H11Cl2N3O2S. The van der Waals surface area contributed by atoms with Crippen LogP contribution in [0.3, 0.4) is 0 Å². The fourth-order valence-corrected chi connectivity index (χ4v) is 3.19. The highest BCUT2D eigenvalue weighted by Gasteiger charge is 2.12. The van der Waals surface area contributed by atoms with Crippen LogP contribution in [-0.2, 0) is 5.75 Å². The van der Waals surface area contributed by atoms with Crippen molar-refractivity contribution in [2.45, 2.75) is 11.0 Å². The molecule has 0 spiro atoms. The lowest BCUT2D eigenvalue weighted by molar-refractivity contribution is 0.464. The Labute approximate surface area is 163 Å². The van der Waals surface area contributed by atoms with E-state index < -0.39 is 0 Å². The number of thioether (sulfide) groups is 1. The summed E-state index contributed by atoms with van der Waals surface area (Å²) in [4.78, 5) is 4.28. The molecule has 0 aliphatic rings. The zero-order valence-electron chi connectivity index (χ0n) is 13.2. The van der Waals surface area contributed by atoms with Gasteiger partial charge in [0.15, 0.2) is 5.76 Å². The third kappa shape index (κ3) is 3.93. The highest BCUT2D eigenvalue weighted by Crippen LogP contribution is 2.28. The van der Waals surface area contributed by atoms with E-state index in [1.54, 1.807) is 18.3 Å². The molecule has 0 aliphatic heterocycles. The highest BCUT2D eigenvalue weighted by molar-refractivity contribution is 7.98. The van der Waals surface area contributed by atoms with Crippen molar-refractivity contribution in [3.05, 3.63) is 70.7 Å². The van der Waals surface area contributed by atoms with Gasteiger partial charge in [0.25, 0.3) is 5.22 Å². The van der Waals surface area contributed by atoms with Crippen molar-refractivity contribution in [3.8, 4) is 22.8 Å². The number of hydrogen-bond acceptors (Lipinski definition) is 6. The Morgan fingerprint density at radius 2 is 1.73 bits per heavy atom. The molecule has 0 bridgehead atoms. The zero-order valence-corrected chi connectivity index (χ0v) is 15.6.